The Hall–Kier alpha value is -1.59. The zero-order valence-electron chi connectivity index (χ0n) is 11.8. The Morgan fingerprint density at radius 1 is 1.38 bits per heavy atom. The Labute approximate surface area is 132 Å². The van der Waals surface area contributed by atoms with E-state index in [2.05, 4.69) is 10.3 Å². The van der Waals surface area contributed by atoms with E-state index in [0.717, 1.165) is 17.7 Å². The summed E-state index contributed by atoms with van der Waals surface area (Å²) in [5.41, 5.74) is 1.81. The number of hydrogen-bond acceptors (Lipinski definition) is 4. The van der Waals surface area contributed by atoms with E-state index in [9.17, 15) is 4.79 Å². The van der Waals surface area contributed by atoms with Gasteiger partial charge in [0.25, 0.3) is 0 Å². The molecule has 21 heavy (non-hydrogen) atoms. The van der Waals surface area contributed by atoms with Crippen molar-refractivity contribution in [2.45, 2.75) is 26.3 Å². The van der Waals surface area contributed by atoms with Crippen LogP contribution in [-0.2, 0) is 17.7 Å². The number of benzene rings is 1. The van der Waals surface area contributed by atoms with Gasteiger partial charge in [0.1, 0.15) is 0 Å². The molecule has 0 spiro atoms. The molecule has 0 fully saturated rings. The number of ether oxygens (including phenoxy) is 1. The van der Waals surface area contributed by atoms with Crippen molar-refractivity contribution in [2.24, 2.45) is 0 Å². The minimum Gasteiger partial charge on any atom is -0.464 e. The molecule has 2 aromatic rings. The number of nitrogens with zero attached hydrogens (tertiary/aromatic N) is 3. The Balaban J connectivity index is 2.37. The first-order chi connectivity index (χ1) is 10.1. The lowest BCUT2D eigenvalue weighted by Crippen LogP contribution is -2.10. The lowest BCUT2D eigenvalue weighted by Gasteiger charge is -2.08. The van der Waals surface area contributed by atoms with E-state index in [1.807, 2.05) is 6.92 Å². The summed E-state index contributed by atoms with van der Waals surface area (Å²) in [5, 5.41) is 9.14. The molecule has 0 unspecified atom stereocenters. The molecule has 1 heterocycles. The number of methoxy groups -OCH3 is 1. The van der Waals surface area contributed by atoms with E-state index >= 15 is 0 Å². The molecule has 0 aliphatic rings. The van der Waals surface area contributed by atoms with Crippen LogP contribution in [0.1, 0.15) is 35.1 Å². The third kappa shape index (κ3) is 3.54. The third-order valence-corrected chi connectivity index (χ3v) is 3.63. The van der Waals surface area contributed by atoms with Crippen molar-refractivity contribution in [2.75, 3.05) is 7.11 Å². The van der Waals surface area contributed by atoms with E-state index in [1.165, 1.54) is 7.11 Å². The molecule has 7 heteroatoms. The molecule has 2 rings (SSSR count). The maximum Gasteiger partial charge on any atom is 0.360 e. The van der Waals surface area contributed by atoms with E-state index < -0.39 is 5.97 Å². The van der Waals surface area contributed by atoms with Crippen molar-refractivity contribution < 1.29 is 9.53 Å². The van der Waals surface area contributed by atoms with Crippen LogP contribution in [0.4, 0.5) is 0 Å². The van der Waals surface area contributed by atoms with Crippen molar-refractivity contribution in [1.82, 2.24) is 15.0 Å². The normalized spacial score (nSPS) is 10.7. The van der Waals surface area contributed by atoms with Crippen molar-refractivity contribution in [3.05, 3.63) is 45.2 Å². The third-order valence-electron chi connectivity index (χ3n) is 3.03. The molecular weight excluding hydrogens is 313 g/mol. The van der Waals surface area contributed by atoms with Gasteiger partial charge in [-0.25, -0.2) is 9.48 Å². The zero-order valence-corrected chi connectivity index (χ0v) is 13.3. The predicted octanol–water partition coefficient (Wildman–Crippen LogP) is 3.37. The van der Waals surface area contributed by atoms with Gasteiger partial charge in [0.15, 0.2) is 5.69 Å². The summed E-state index contributed by atoms with van der Waals surface area (Å²) in [6, 6.07) is 5.23. The van der Waals surface area contributed by atoms with Gasteiger partial charge in [0, 0.05) is 10.0 Å². The average molecular weight is 328 g/mol. The lowest BCUT2D eigenvalue weighted by atomic mass is 10.2. The van der Waals surface area contributed by atoms with Gasteiger partial charge in [-0.3, -0.25) is 0 Å². The van der Waals surface area contributed by atoms with Gasteiger partial charge < -0.3 is 4.74 Å². The second kappa shape index (κ2) is 6.91. The van der Waals surface area contributed by atoms with E-state index in [1.54, 1.807) is 22.9 Å². The fraction of sp³-hybridized carbons (Fsp3) is 0.357. The van der Waals surface area contributed by atoms with Crippen molar-refractivity contribution >= 4 is 29.2 Å². The van der Waals surface area contributed by atoms with Crippen LogP contribution in [0.2, 0.25) is 10.0 Å². The quantitative estimate of drug-likeness (QED) is 0.790. The van der Waals surface area contributed by atoms with Crippen LogP contribution in [0.5, 0.6) is 0 Å². The fourth-order valence-electron chi connectivity index (χ4n) is 2.03. The molecule has 5 nitrogen and oxygen atoms in total. The van der Waals surface area contributed by atoms with Crippen LogP contribution in [0, 0.1) is 0 Å². The summed E-state index contributed by atoms with van der Waals surface area (Å²) in [6.07, 6.45) is 1.54. The summed E-state index contributed by atoms with van der Waals surface area (Å²) < 4.78 is 6.39. The van der Waals surface area contributed by atoms with E-state index in [0.29, 0.717) is 23.0 Å². The molecule has 0 aliphatic carbocycles. The van der Waals surface area contributed by atoms with Gasteiger partial charge >= 0.3 is 5.97 Å². The first-order valence-electron chi connectivity index (χ1n) is 6.51. The second-order valence-corrected chi connectivity index (χ2v) is 5.36. The molecule has 0 amide bonds. The molecule has 0 atom stereocenters. The smallest absolute Gasteiger partial charge is 0.360 e. The molecule has 1 aromatic heterocycles. The molecule has 0 N–H and O–H groups in total. The number of carbonyl (C=O) groups is 1. The summed E-state index contributed by atoms with van der Waals surface area (Å²) in [4.78, 5) is 11.7. The van der Waals surface area contributed by atoms with Gasteiger partial charge in [-0.05, 0) is 30.2 Å². The molecule has 0 bridgehead atoms. The predicted molar refractivity (Wildman–Crippen MR) is 80.9 cm³/mol. The largest absolute Gasteiger partial charge is 0.464 e. The standard InChI is InChI=1S/C14H15Cl2N3O2/c1-3-4-12-13(14(20)21-2)17-18-19(12)8-9-7-10(15)5-6-11(9)16/h5-7H,3-4,8H2,1-2H3. The number of hydrogen-bond donors (Lipinski definition) is 0. The van der Waals surface area contributed by atoms with Gasteiger partial charge in [-0.1, -0.05) is 41.8 Å². The van der Waals surface area contributed by atoms with Crippen molar-refractivity contribution in [3.63, 3.8) is 0 Å². The zero-order chi connectivity index (χ0) is 15.4. The number of carbonyl (C=O) groups excluding carboxylic acids is 1. The lowest BCUT2D eigenvalue weighted by molar-refractivity contribution is 0.0592. The molecule has 0 radical (unpaired) electrons. The van der Waals surface area contributed by atoms with Crippen LogP contribution in [0.3, 0.4) is 0 Å². The van der Waals surface area contributed by atoms with Gasteiger partial charge in [0.05, 0.1) is 19.3 Å². The van der Waals surface area contributed by atoms with Crippen LogP contribution in [-0.4, -0.2) is 28.1 Å². The first-order valence-corrected chi connectivity index (χ1v) is 7.27. The maximum atomic E-state index is 11.7. The Kier molecular flexibility index (Phi) is 5.20. The van der Waals surface area contributed by atoms with Crippen LogP contribution in [0.25, 0.3) is 0 Å². The Morgan fingerprint density at radius 3 is 2.81 bits per heavy atom. The molecule has 0 saturated carbocycles. The minimum atomic E-state index is -0.484. The summed E-state index contributed by atoms with van der Waals surface area (Å²) in [7, 11) is 1.32. The van der Waals surface area contributed by atoms with E-state index in [-0.39, 0.29) is 5.69 Å². The summed E-state index contributed by atoms with van der Waals surface area (Å²) in [5.74, 6) is -0.484. The average Bonchev–Trinajstić information content (AvgIpc) is 2.85. The summed E-state index contributed by atoms with van der Waals surface area (Å²) in [6.45, 7) is 2.42. The number of esters is 1. The van der Waals surface area contributed by atoms with Crippen LogP contribution in [0.15, 0.2) is 18.2 Å². The van der Waals surface area contributed by atoms with Gasteiger partial charge in [-0.15, -0.1) is 5.10 Å². The van der Waals surface area contributed by atoms with Gasteiger partial charge in [0.2, 0.25) is 0 Å². The number of aromatic nitrogens is 3. The van der Waals surface area contributed by atoms with Crippen LogP contribution < -0.4 is 0 Å². The molecular formula is C14H15Cl2N3O2. The van der Waals surface area contributed by atoms with Gasteiger partial charge in [-0.2, -0.15) is 0 Å². The highest BCUT2D eigenvalue weighted by molar-refractivity contribution is 6.33. The molecule has 112 valence electrons. The highest BCUT2D eigenvalue weighted by Gasteiger charge is 2.20. The highest BCUT2D eigenvalue weighted by Crippen LogP contribution is 2.22. The Bertz CT molecular complexity index is 656. The number of rotatable bonds is 5. The highest BCUT2D eigenvalue weighted by atomic mass is 35.5. The summed E-state index contributed by atoms with van der Waals surface area (Å²) >= 11 is 12.1. The maximum absolute atomic E-state index is 11.7. The molecule has 1 aromatic carbocycles. The van der Waals surface area contributed by atoms with E-state index in [4.69, 9.17) is 27.9 Å². The van der Waals surface area contributed by atoms with Crippen molar-refractivity contribution in [3.8, 4) is 0 Å². The first kappa shape index (κ1) is 15.8. The van der Waals surface area contributed by atoms with Crippen molar-refractivity contribution in [1.29, 1.82) is 0 Å². The Morgan fingerprint density at radius 2 is 2.14 bits per heavy atom. The SMILES string of the molecule is CCCc1c(C(=O)OC)nnn1Cc1cc(Cl)ccc1Cl. The molecule has 0 aliphatic heterocycles. The fourth-order valence-corrected chi connectivity index (χ4v) is 2.40. The minimum absolute atomic E-state index is 0.248. The van der Waals surface area contributed by atoms with Crippen LogP contribution >= 0.6 is 23.2 Å². The second-order valence-electron chi connectivity index (χ2n) is 4.52. The topological polar surface area (TPSA) is 57.0 Å². The monoisotopic (exact) mass is 327 g/mol. The molecule has 0 saturated heterocycles. The number of halogens is 2.